The zero-order valence-electron chi connectivity index (χ0n) is 6.27. The van der Waals surface area contributed by atoms with Gasteiger partial charge in [0.1, 0.15) is 5.84 Å². The van der Waals surface area contributed by atoms with Crippen LogP contribution in [0.15, 0.2) is 29.4 Å². The Balaban J connectivity index is 2.29. The molecule has 0 radical (unpaired) electrons. The van der Waals surface area contributed by atoms with Crippen molar-refractivity contribution in [2.75, 3.05) is 6.54 Å². The van der Waals surface area contributed by atoms with Gasteiger partial charge in [-0.25, -0.2) is 0 Å². The summed E-state index contributed by atoms with van der Waals surface area (Å²) in [5, 5.41) is 0. The number of nitrogens with zero attached hydrogens (tertiary/aromatic N) is 2. The number of rotatable bonds is 0. The molecule has 0 aromatic heterocycles. The van der Waals surface area contributed by atoms with E-state index in [-0.39, 0.29) is 6.17 Å². The Morgan fingerprint density at radius 2 is 2.45 bits per heavy atom. The first-order chi connectivity index (χ1) is 5.38. The van der Waals surface area contributed by atoms with Crippen molar-refractivity contribution in [3.63, 3.8) is 0 Å². The SMILES string of the molecule is NC1CCN=C2C=CC=CN21. The van der Waals surface area contributed by atoms with Gasteiger partial charge in [-0.3, -0.25) is 4.99 Å². The molecule has 2 aliphatic rings. The summed E-state index contributed by atoms with van der Waals surface area (Å²) in [6.07, 6.45) is 8.98. The second-order valence-electron chi connectivity index (χ2n) is 2.70. The Morgan fingerprint density at radius 1 is 1.55 bits per heavy atom. The second-order valence-corrected chi connectivity index (χ2v) is 2.70. The summed E-state index contributed by atoms with van der Waals surface area (Å²) >= 11 is 0. The van der Waals surface area contributed by atoms with Crippen molar-refractivity contribution < 1.29 is 0 Å². The van der Waals surface area contributed by atoms with E-state index in [4.69, 9.17) is 5.73 Å². The lowest BCUT2D eigenvalue weighted by molar-refractivity contribution is 0.371. The van der Waals surface area contributed by atoms with E-state index in [9.17, 15) is 0 Å². The molecule has 11 heavy (non-hydrogen) atoms. The fraction of sp³-hybridized carbons (Fsp3) is 0.375. The minimum absolute atomic E-state index is 0.115. The number of allylic oxidation sites excluding steroid dienone is 2. The summed E-state index contributed by atoms with van der Waals surface area (Å²) in [6, 6.07) is 0. The third-order valence-corrected chi connectivity index (χ3v) is 1.92. The second kappa shape index (κ2) is 2.51. The van der Waals surface area contributed by atoms with Gasteiger partial charge in [0.25, 0.3) is 0 Å². The highest BCUT2D eigenvalue weighted by molar-refractivity contribution is 5.95. The molecule has 1 unspecified atom stereocenters. The molecule has 0 fully saturated rings. The molecular formula is C8H11N3. The Morgan fingerprint density at radius 3 is 3.27 bits per heavy atom. The monoisotopic (exact) mass is 149 g/mol. The van der Waals surface area contributed by atoms with E-state index in [0.29, 0.717) is 0 Å². The van der Waals surface area contributed by atoms with Gasteiger partial charge in [-0.15, -0.1) is 0 Å². The first-order valence-electron chi connectivity index (χ1n) is 3.81. The molecule has 1 atom stereocenters. The predicted octanol–water partition coefficient (Wildman–Crippen LogP) is 0.459. The maximum absolute atomic E-state index is 5.85. The Bertz CT molecular complexity index is 240. The van der Waals surface area contributed by atoms with Gasteiger partial charge in [0.2, 0.25) is 0 Å². The van der Waals surface area contributed by atoms with Gasteiger partial charge in [-0.1, -0.05) is 6.08 Å². The molecule has 0 aromatic carbocycles. The normalized spacial score (nSPS) is 28.3. The van der Waals surface area contributed by atoms with Gasteiger partial charge in [-0.2, -0.15) is 0 Å². The van der Waals surface area contributed by atoms with Crippen molar-refractivity contribution in [3.05, 3.63) is 24.4 Å². The van der Waals surface area contributed by atoms with Crippen LogP contribution in [0.2, 0.25) is 0 Å². The quantitative estimate of drug-likeness (QED) is 0.543. The largest absolute Gasteiger partial charge is 0.317 e. The number of nitrogens with two attached hydrogens (primary N) is 1. The van der Waals surface area contributed by atoms with Crippen LogP contribution in [-0.4, -0.2) is 23.4 Å². The molecular weight excluding hydrogens is 138 g/mol. The van der Waals surface area contributed by atoms with Crippen molar-refractivity contribution in [2.45, 2.75) is 12.6 Å². The van der Waals surface area contributed by atoms with Crippen LogP contribution in [0.5, 0.6) is 0 Å². The lowest BCUT2D eigenvalue weighted by Gasteiger charge is -2.31. The van der Waals surface area contributed by atoms with Gasteiger partial charge < -0.3 is 10.6 Å². The molecule has 0 amide bonds. The minimum atomic E-state index is 0.115. The molecule has 3 heteroatoms. The molecule has 3 nitrogen and oxygen atoms in total. The smallest absolute Gasteiger partial charge is 0.128 e. The van der Waals surface area contributed by atoms with Gasteiger partial charge in [0.15, 0.2) is 0 Å². The molecule has 0 bridgehead atoms. The summed E-state index contributed by atoms with van der Waals surface area (Å²) in [6.45, 7) is 0.852. The van der Waals surface area contributed by atoms with E-state index >= 15 is 0 Å². The molecule has 2 aliphatic heterocycles. The average Bonchev–Trinajstić information content (AvgIpc) is 2.06. The minimum Gasteiger partial charge on any atom is -0.317 e. The maximum Gasteiger partial charge on any atom is 0.128 e. The number of hydrogen-bond acceptors (Lipinski definition) is 3. The van der Waals surface area contributed by atoms with Crippen molar-refractivity contribution >= 4 is 5.84 Å². The number of amidine groups is 1. The molecule has 0 spiro atoms. The number of aliphatic imine (C=N–C) groups is 1. The van der Waals surface area contributed by atoms with E-state index in [0.717, 1.165) is 18.8 Å². The van der Waals surface area contributed by atoms with E-state index in [1.54, 1.807) is 0 Å². The van der Waals surface area contributed by atoms with Crippen LogP contribution in [0, 0.1) is 0 Å². The summed E-state index contributed by atoms with van der Waals surface area (Å²) < 4.78 is 0. The Kier molecular flexibility index (Phi) is 1.51. The number of hydrogen-bond donors (Lipinski definition) is 1. The molecule has 2 N–H and O–H groups in total. The summed E-state index contributed by atoms with van der Waals surface area (Å²) in [5.74, 6) is 0.992. The van der Waals surface area contributed by atoms with Gasteiger partial charge >= 0.3 is 0 Å². The highest BCUT2D eigenvalue weighted by Crippen LogP contribution is 2.12. The predicted molar refractivity (Wildman–Crippen MR) is 45.0 cm³/mol. The first-order valence-corrected chi connectivity index (χ1v) is 3.81. The van der Waals surface area contributed by atoms with E-state index in [1.807, 2.05) is 29.3 Å². The fourth-order valence-electron chi connectivity index (χ4n) is 1.31. The third kappa shape index (κ3) is 1.07. The first kappa shape index (κ1) is 6.61. The molecule has 0 aromatic rings. The van der Waals surface area contributed by atoms with E-state index < -0.39 is 0 Å². The van der Waals surface area contributed by atoms with Crippen LogP contribution in [0.4, 0.5) is 0 Å². The lowest BCUT2D eigenvalue weighted by Crippen LogP contribution is -2.45. The van der Waals surface area contributed by atoms with Crippen LogP contribution in [-0.2, 0) is 0 Å². The van der Waals surface area contributed by atoms with Gasteiger partial charge in [0, 0.05) is 19.2 Å². The summed E-state index contributed by atoms with van der Waals surface area (Å²) in [4.78, 5) is 6.33. The fourth-order valence-corrected chi connectivity index (χ4v) is 1.31. The zero-order valence-corrected chi connectivity index (χ0v) is 6.27. The average molecular weight is 149 g/mol. The van der Waals surface area contributed by atoms with Crippen LogP contribution in [0.25, 0.3) is 0 Å². The van der Waals surface area contributed by atoms with Crippen LogP contribution < -0.4 is 5.73 Å². The molecule has 0 saturated heterocycles. The third-order valence-electron chi connectivity index (χ3n) is 1.92. The molecule has 2 heterocycles. The topological polar surface area (TPSA) is 41.6 Å². The molecule has 0 aliphatic carbocycles. The van der Waals surface area contributed by atoms with Crippen molar-refractivity contribution in [3.8, 4) is 0 Å². The van der Waals surface area contributed by atoms with E-state index in [2.05, 4.69) is 4.99 Å². The maximum atomic E-state index is 5.85. The summed E-state index contributed by atoms with van der Waals surface area (Å²) in [5.41, 5.74) is 5.85. The molecule has 2 rings (SSSR count). The van der Waals surface area contributed by atoms with Crippen LogP contribution in [0.3, 0.4) is 0 Å². The van der Waals surface area contributed by atoms with E-state index in [1.165, 1.54) is 0 Å². The van der Waals surface area contributed by atoms with Crippen molar-refractivity contribution in [1.82, 2.24) is 4.90 Å². The molecule has 58 valence electrons. The lowest BCUT2D eigenvalue weighted by atomic mass is 10.2. The number of fused-ring (bicyclic) bond motifs is 1. The summed E-state index contributed by atoms with van der Waals surface area (Å²) in [7, 11) is 0. The molecule has 0 saturated carbocycles. The van der Waals surface area contributed by atoms with Gasteiger partial charge in [-0.05, 0) is 12.2 Å². The Hall–Kier alpha value is -1.09. The van der Waals surface area contributed by atoms with Crippen molar-refractivity contribution in [2.24, 2.45) is 10.7 Å². The van der Waals surface area contributed by atoms with Crippen LogP contribution >= 0.6 is 0 Å². The standard InChI is InChI=1S/C8H11N3/c9-7-4-5-10-8-3-1-2-6-11(7)8/h1-3,6-7H,4-5,9H2. The highest BCUT2D eigenvalue weighted by atomic mass is 15.3. The highest BCUT2D eigenvalue weighted by Gasteiger charge is 2.19. The zero-order chi connectivity index (χ0) is 7.68. The Labute approximate surface area is 65.9 Å². The van der Waals surface area contributed by atoms with Crippen LogP contribution in [0.1, 0.15) is 6.42 Å². The van der Waals surface area contributed by atoms with Gasteiger partial charge in [0.05, 0.1) is 6.17 Å². The van der Waals surface area contributed by atoms with Crippen molar-refractivity contribution in [1.29, 1.82) is 0 Å².